The van der Waals surface area contributed by atoms with Crippen molar-refractivity contribution >= 4 is 32.5 Å². The highest BCUT2D eigenvalue weighted by Gasteiger charge is 2.24. The molecule has 2 rings (SSSR count). The van der Waals surface area contributed by atoms with E-state index in [4.69, 9.17) is 0 Å². The Morgan fingerprint density at radius 3 is 2.71 bits per heavy atom. The lowest BCUT2D eigenvalue weighted by Gasteiger charge is -2.35. The van der Waals surface area contributed by atoms with Crippen molar-refractivity contribution in [2.75, 3.05) is 17.3 Å². The van der Waals surface area contributed by atoms with Gasteiger partial charge >= 0.3 is 0 Å². The van der Waals surface area contributed by atoms with Crippen LogP contribution in [-0.4, -0.2) is 28.1 Å². The lowest BCUT2D eigenvalue weighted by molar-refractivity contribution is 0.546. The Labute approximate surface area is 110 Å². The molecule has 0 bridgehead atoms. The number of halogens is 1. The third kappa shape index (κ3) is 2.27. The molecular weight excluding hydrogens is 278 g/mol. The van der Waals surface area contributed by atoms with Crippen LogP contribution in [0.5, 0.6) is 0 Å². The SMILES string of the molecule is CN(c1nncc2ccccc12)C(C)(C)CBr. The van der Waals surface area contributed by atoms with E-state index in [2.05, 4.69) is 64.1 Å². The molecule has 0 amide bonds. The van der Waals surface area contributed by atoms with Crippen LogP contribution in [0.2, 0.25) is 0 Å². The second-order valence-electron chi connectivity index (χ2n) is 4.76. The van der Waals surface area contributed by atoms with Crippen LogP contribution in [-0.2, 0) is 0 Å². The maximum absolute atomic E-state index is 4.28. The first-order chi connectivity index (χ1) is 8.06. The number of anilines is 1. The molecule has 2 aromatic rings. The summed E-state index contributed by atoms with van der Waals surface area (Å²) in [6.07, 6.45) is 1.80. The Hall–Kier alpha value is -1.16. The van der Waals surface area contributed by atoms with Crippen molar-refractivity contribution in [3.05, 3.63) is 30.5 Å². The summed E-state index contributed by atoms with van der Waals surface area (Å²) in [6, 6.07) is 8.19. The number of benzene rings is 1. The standard InChI is InChI=1S/C13H16BrN3/c1-13(2,9-14)17(3)12-11-7-5-4-6-10(11)8-15-16-12/h4-8H,9H2,1-3H3. The molecule has 0 unspecified atom stereocenters. The minimum absolute atomic E-state index is 0.00119. The Morgan fingerprint density at radius 2 is 2.00 bits per heavy atom. The minimum atomic E-state index is -0.00119. The lowest BCUT2D eigenvalue weighted by Crippen LogP contribution is -2.43. The van der Waals surface area contributed by atoms with E-state index in [1.54, 1.807) is 6.20 Å². The summed E-state index contributed by atoms with van der Waals surface area (Å²) < 4.78 is 0. The molecule has 4 heteroatoms. The monoisotopic (exact) mass is 293 g/mol. The zero-order valence-electron chi connectivity index (χ0n) is 10.3. The predicted molar refractivity (Wildman–Crippen MR) is 75.8 cm³/mol. The summed E-state index contributed by atoms with van der Waals surface area (Å²) in [4.78, 5) is 2.16. The van der Waals surface area contributed by atoms with Gasteiger partial charge in [-0.3, -0.25) is 0 Å². The van der Waals surface area contributed by atoms with Crippen molar-refractivity contribution in [2.45, 2.75) is 19.4 Å². The molecule has 0 aliphatic heterocycles. The van der Waals surface area contributed by atoms with Crippen LogP contribution >= 0.6 is 15.9 Å². The van der Waals surface area contributed by atoms with Crippen molar-refractivity contribution in [3.63, 3.8) is 0 Å². The molecule has 3 nitrogen and oxygen atoms in total. The van der Waals surface area contributed by atoms with Crippen LogP contribution in [0, 0.1) is 0 Å². The molecule has 1 heterocycles. The van der Waals surface area contributed by atoms with Gasteiger partial charge in [-0.05, 0) is 13.8 Å². The van der Waals surface area contributed by atoms with Crippen molar-refractivity contribution in [3.8, 4) is 0 Å². The van der Waals surface area contributed by atoms with E-state index in [0.29, 0.717) is 0 Å². The van der Waals surface area contributed by atoms with Crippen molar-refractivity contribution in [1.29, 1.82) is 0 Å². The smallest absolute Gasteiger partial charge is 0.159 e. The van der Waals surface area contributed by atoms with E-state index >= 15 is 0 Å². The summed E-state index contributed by atoms with van der Waals surface area (Å²) in [6.45, 7) is 4.34. The van der Waals surface area contributed by atoms with Crippen LogP contribution in [0.25, 0.3) is 10.8 Å². The number of fused-ring (bicyclic) bond motifs is 1. The summed E-state index contributed by atoms with van der Waals surface area (Å²) in [5, 5.41) is 11.5. The van der Waals surface area contributed by atoms with E-state index in [1.807, 2.05) is 12.1 Å². The Bertz CT molecular complexity index is 520. The normalized spacial score (nSPS) is 11.8. The Morgan fingerprint density at radius 1 is 1.29 bits per heavy atom. The zero-order valence-corrected chi connectivity index (χ0v) is 11.9. The second-order valence-corrected chi connectivity index (χ2v) is 5.32. The number of nitrogens with zero attached hydrogens (tertiary/aromatic N) is 3. The van der Waals surface area contributed by atoms with Crippen LogP contribution in [0.4, 0.5) is 5.82 Å². The van der Waals surface area contributed by atoms with Crippen molar-refractivity contribution in [2.24, 2.45) is 0 Å². The summed E-state index contributed by atoms with van der Waals surface area (Å²) in [5.74, 6) is 0.924. The molecule has 1 aromatic carbocycles. The molecule has 0 aliphatic carbocycles. The Balaban J connectivity index is 2.56. The van der Waals surface area contributed by atoms with Gasteiger partial charge < -0.3 is 4.90 Å². The minimum Gasteiger partial charge on any atom is -0.352 e. The van der Waals surface area contributed by atoms with E-state index < -0.39 is 0 Å². The highest BCUT2D eigenvalue weighted by molar-refractivity contribution is 9.09. The first kappa shape index (κ1) is 12.3. The Kier molecular flexibility index (Phi) is 3.33. The van der Waals surface area contributed by atoms with Gasteiger partial charge in [0, 0.05) is 28.7 Å². The average Bonchev–Trinajstić information content (AvgIpc) is 2.37. The molecule has 0 spiro atoms. The molecule has 0 N–H and O–H groups in total. The van der Waals surface area contributed by atoms with Gasteiger partial charge in [-0.15, -0.1) is 5.10 Å². The largest absolute Gasteiger partial charge is 0.352 e. The fraction of sp³-hybridized carbons (Fsp3) is 0.385. The van der Waals surface area contributed by atoms with E-state index in [9.17, 15) is 0 Å². The number of hydrogen-bond acceptors (Lipinski definition) is 3. The molecule has 0 fully saturated rings. The summed E-state index contributed by atoms with van der Waals surface area (Å²) in [7, 11) is 2.05. The molecule has 0 atom stereocenters. The fourth-order valence-corrected chi connectivity index (χ4v) is 2.01. The topological polar surface area (TPSA) is 29.0 Å². The van der Waals surface area contributed by atoms with Gasteiger partial charge in [0.15, 0.2) is 5.82 Å². The molecule has 0 aliphatic rings. The van der Waals surface area contributed by atoms with Crippen LogP contribution < -0.4 is 4.90 Å². The number of hydrogen-bond donors (Lipinski definition) is 0. The number of aromatic nitrogens is 2. The second kappa shape index (κ2) is 4.61. The number of alkyl halides is 1. The van der Waals surface area contributed by atoms with Crippen LogP contribution in [0.15, 0.2) is 30.5 Å². The van der Waals surface area contributed by atoms with Gasteiger partial charge in [-0.1, -0.05) is 40.2 Å². The molecule has 1 aromatic heterocycles. The van der Waals surface area contributed by atoms with E-state index in [-0.39, 0.29) is 5.54 Å². The predicted octanol–water partition coefficient (Wildman–Crippen LogP) is 3.24. The quantitative estimate of drug-likeness (QED) is 0.814. The lowest BCUT2D eigenvalue weighted by atomic mass is 10.1. The van der Waals surface area contributed by atoms with Crippen LogP contribution in [0.1, 0.15) is 13.8 Å². The molecular formula is C13H16BrN3. The molecule has 0 saturated carbocycles. The van der Waals surface area contributed by atoms with E-state index in [0.717, 1.165) is 21.9 Å². The first-order valence-electron chi connectivity index (χ1n) is 5.56. The first-order valence-corrected chi connectivity index (χ1v) is 6.68. The van der Waals surface area contributed by atoms with Gasteiger partial charge in [0.2, 0.25) is 0 Å². The van der Waals surface area contributed by atoms with Crippen molar-refractivity contribution in [1.82, 2.24) is 10.2 Å². The third-order valence-electron chi connectivity index (χ3n) is 3.10. The van der Waals surface area contributed by atoms with Gasteiger partial charge in [0.05, 0.1) is 6.20 Å². The molecule has 0 radical (unpaired) electrons. The highest BCUT2D eigenvalue weighted by Crippen LogP contribution is 2.28. The number of rotatable bonds is 3. The maximum atomic E-state index is 4.28. The maximum Gasteiger partial charge on any atom is 0.159 e. The van der Waals surface area contributed by atoms with E-state index in [1.165, 1.54) is 0 Å². The third-order valence-corrected chi connectivity index (χ3v) is 4.48. The van der Waals surface area contributed by atoms with Gasteiger partial charge in [-0.2, -0.15) is 5.10 Å². The fourth-order valence-electron chi connectivity index (χ4n) is 1.64. The zero-order chi connectivity index (χ0) is 12.5. The molecule has 0 saturated heterocycles. The van der Waals surface area contributed by atoms with Crippen LogP contribution in [0.3, 0.4) is 0 Å². The van der Waals surface area contributed by atoms with Gasteiger partial charge in [0.25, 0.3) is 0 Å². The molecule has 90 valence electrons. The summed E-state index contributed by atoms with van der Waals surface area (Å²) in [5.41, 5.74) is -0.00119. The summed E-state index contributed by atoms with van der Waals surface area (Å²) >= 11 is 3.54. The van der Waals surface area contributed by atoms with Crippen molar-refractivity contribution < 1.29 is 0 Å². The van der Waals surface area contributed by atoms with Gasteiger partial charge in [-0.25, -0.2) is 0 Å². The molecule has 17 heavy (non-hydrogen) atoms. The van der Waals surface area contributed by atoms with Gasteiger partial charge in [0.1, 0.15) is 0 Å². The average molecular weight is 294 g/mol. The highest BCUT2D eigenvalue weighted by atomic mass is 79.9.